The second kappa shape index (κ2) is 8.00. The van der Waals surface area contributed by atoms with Crippen LogP contribution >= 0.6 is 0 Å². The predicted molar refractivity (Wildman–Crippen MR) is 112 cm³/mol. The number of hydrogen-bond donors (Lipinski definition) is 1. The number of likely N-dealkylation sites (tertiary alicyclic amines) is 1. The molecule has 4 rings (SSSR count). The SMILES string of the molecule is CCOc1ccc(NC(=O)[C@H]2[C@@H]3C=C[C@@]4(CN([C@H](C(=O)OC)C(C)C)C(=O)[C@H]24)O3)cc1. The molecule has 0 unspecified atom stereocenters. The minimum atomic E-state index is -0.885. The van der Waals surface area contributed by atoms with Crippen molar-refractivity contribution >= 4 is 23.5 Å². The third-order valence-electron chi connectivity index (χ3n) is 6.28. The van der Waals surface area contributed by atoms with Gasteiger partial charge in [-0.25, -0.2) is 4.79 Å². The van der Waals surface area contributed by atoms with Gasteiger partial charge in [0, 0.05) is 5.69 Å². The average Bonchev–Trinajstić information content (AvgIpc) is 3.38. The molecule has 0 radical (unpaired) electrons. The molecular weight excluding hydrogens is 400 g/mol. The van der Waals surface area contributed by atoms with E-state index in [1.807, 2.05) is 32.9 Å². The minimum absolute atomic E-state index is 0.135. The number of anilines is 1. The summed E-state index contributed by atoms with van der Waals surface area (Å²) in [6, 6.07) is 6.37. The molecule has 31 heavy (non-hydrogen) atoms. The number of ether oxygens (including phenoxy) is 3. The molecule has 166 valence electrons. The van der Waals surface area contributed by atoms with Crippen LogP contribution in [0.2, 0.25) is 0 Å². The second-order valence-corrected chi connectivity index (χ2v) is 8.52. The zero-order valence-corrected chi connectivity index (χ0v) is 18.2. The van der Waals surface area contributed by atoms with Crippen LogP contribution in [0.4, 0.5) is 5.69 Å². The highest BCUT2D eigenvalue weighted by atomic mass is 16.5. The van der Waals surface area contributed by atoms with Crippen molar-refractivity contribution in [1.29, 1.82) is 0 Å². The number of nitrogens with one attached hydrogen (secondary N) is 1. The third kappa shape index (κ3) is 3.48. The van der Waals surface area contributed by atoms with E-state index in [0.717, 1.165) is 5.75 Å². The number of esters is 1. The number of amides is 2. The lowest BCUT2D eigenvalue weighted by Crippen LogP contribution is -2.48. The average molecular weight is 428 g/mol. The van der Waals surface area contributed by atoms with E-state index in [0.29, 0.717) is 12.3 Å². The number of methoxy groups -OCH3 is 1. The van der Waals surface area contributed by atoms with E-state index in [1.165, 1.54) is 12.0 Å². The summed E-state index contributed by atoms with van der Waals surface area (Å²) >= 11 is 0. The molecule has 0 saturated carbocycles. The normalized spacial score (nSPS) is 29.3. The van der Waals surface area contributed by atoms with Crippen LogP contribution < -0.4 is 10.1 Å². The molecule has 1 spiro atoms. The van der Waals surface area contributed by atoms with Gasteiger partial charge in [0.25, 0.3) is 0 Å². The predicted octanol–water partition coefficient (Wildman–Crippen LogP) is 2.00. The van der Waals surface area contributed by atoms with E-state index in [2.05, 4.69) is 5.32 Å². The molecule has 0 aromatic heterocycles. The van der Waals surface area contributed by atoms with Crippen LogP contribution in [0, 0.1) is 17.8 Å². The first-order valence-corrected chi connectivity index (χ1v) is 10.6. The van der Waals surface area contributed by atoms with Crippen LogP contribution in [-0.4, -0.2) is 60.7 Å². The summed E-state index contributed by atoms with van der Waals surface area (Å²) in [5, 5.41) is 2.90. The standard InChI is InChI=1S/C23H28N2O6/c1-5-30-15-8-6-14(7-9-15)24-20(26)17-16-10-11-23(31-16)12-25(21(27)18(17)23)19(13(2)3)22(28)29-4/h6-11,13,16-19H,5,12H2,1-4H3,(H,24,26)/t16-,17-,18-,19-,23-/m0/s1. The molecule has 3 aliphatic rings. The molecule has 3 heterocycles. The van der Waals surface area contributed by atoms with Gasteiger partial charge in [0.2, 0.25) is 11.8 Å². The van der Waals surface area contributed by atoms with Crippen molar-refractivity contribution in [1.82, 2.24) is 4.90 Å². The molecular formula is C23H28N2O6. The lowest BCUT2D eigenvalue weighted by Gasteiger charge is -2.30. The van der Waals surface area contributed by atoms with E-state index in [1.54, 1.807) is 24.3 Å². The van der Waals surface area contributed by atoms with Crippen molar-refractivity contribution < 1.29 is 28.6 Å². The molecule has 8 nitrogen and oxygen atoms in total. The smallest absolute Gasteiger partial charge is 0.328 e. The van der Waals surface area contributed by atoms with E-state index >= 15 is 0 Å². The Hall–Kier alpha value is -2.87. The van der Waals surface area contributed by atoms with Crippen LogP contribution in [-0.2, 0) is 23.9 Å². The van der Waals surface area contributed by atoms with Crippen LogP contribution in [0.15, 0.2) is 36.4 Å². The van der Waals surface area contributed by atoms with Crippen molar-refractivity contribution in [3.8, 4) is 5.75 Å². The largest absolute Gasteiger partial charge is 0.494 e. The Labute approximate surface area is 181 Å². The second-order valence-electron chi connectivity index (χ2n) is 8.52. The van der Waals surface area contributed by atoms with Gasteiger partial charge < -0.3 is 24.4 Å². The number of carbonyl (C=O) groups is 3. The summed E-state index contributed by atoms with van der Waals surface area (Å²) in [5.41, 5.74) is -0.268. The van der Waals surface area contributed by atoms with Gasteiger partial charge in [-0.3, -0.25) is 9.59 Å². The summed E-state index contributed by atoms with van der Waals surface area (Å²) < 4.78 is 16.5. The number of nitrogens with zero attached hydrogens (tertiary/aromatic N) is 1. The maximum absolute atomic E-state index is 13.4. The summed E-state index contributed by atoms with van der Waals surface area (Å²) in [6.07, 6.45) is 3.25. The zero-order valence-electron chi connectivity index (χ0n) is 18.2. The molecule has 1 aromatic carbocycles. The topological polar surface area (TPSA) is 94.2 Å². The van der Waals surface area contributed by atoms with Gasteiger partial charge in [0.15, 0.2) is 0 Å². The number of hydrogen-bond acceptors (Lipinski definition) is 6. The van der Waals surface area contributed by atoms with Crippen molar-refractivity contribution in [2.24, 2.45) is 17.8 Å². The molecule has 1 N–H and O–H groups in total. The fraction of sp³-hybridized carbons (Fsp3) is 0.522. The van der Waals surface area contributed by atoms with E-state index < -0.39 is 35.6 Å². The summed E-state index contributed by atoms with van der Waals surface area (Å²) in [5.74, 6) is -1.74. The van der Waals surface area contributed by atoms with Crippen LogP contribution in [0.3, 0.4) is 0 Å². The van der Waals surface area contributed by atoms with Gasteiger partial charge >= 0.3 is 5.97 Å². The third-order valence-corrected chi connectivity index (χ3v) is 6.28. The van der Waals surface area contributed by atoms with Crippen LogP contribution in [0.1, 0.15) is 20.8 Å². The summed E-state index contributed by atoms with van der Waals surface area (Å²) in [6.45, 7) is 6.43. The Morgan fingerprint density at radius 3 is 2.61 bits per heavy atom. The van der Waals surface area contributed by atoms with Crippen LogP contribution in [0.5, 0.6) is 5.75 Å². The Kier molecular flexibility index (Phi) is 5.51. The molecule has 2 fully saturated rings. The maximum Gasteiger partial charge on any atom is 0.328 e. The van der Waals surface area contributed by atoms with Crippen molar-refractivity contribution in [2.45, 2.75) is 38.5 Å². The highest BCUT2D eigenvalue weighted by molar-refractivity contribution is 6.00. The monoisotopic (exact) mass is 428 g/mol. The Morgan fingerprint density at radius 2 is 2.00 bits per heavy atom. The Balaban J connectivity index is 1.56. The minimum Gasteiger partial charge on any atom is -0.494 e. The van der Waals surface area contributed by atoms with E-state index in [9.17, 15) is 14.4 Å². The Morgan fingerprint density at radius 1 is 1.29 bits per heavy atom. The van der Waals surface area contributed by atoms with Crippen LogP contribution in [0.25, 0.3) is 0 Å². The van der Waals surface area contributed by atoms with Gasteiger partial charge in [0.1, 0.15) is 17.4 Å². The van der Waals surface area contributed by atoms with Gasteiger partial charge in [-0.1, -0.05) is 26.0 Å². The van der Waals surface area contributed by atoms with Gasteiger partial charge in [0.05, 0.1) is 38.2 Å². The molecule has 2 saturated heterocycles. The Bertz CT molecular complexity index is 911. The number of fused-ring (bicyclic) bond motifs is 1. The maximum atomic E-state index is 13.4. The first-order chi connectivity index (χ1) is 14.8. The zero-order chi connectivity index (χ0) is 22.3. The molecule has 2 bridgehead atoms. The molecule has 5 atom stereocenters. The molecule has 0 aliphatic carbocycles. The fourth-order valence-electron chi connectivity index (χ4n) is 4.97. The van der Waals surface area contributed by atoms with Crippen molar-refractivity contribution in [3.63, 3.8) is 0 Å². The first-order valence-electron chi connectivity index (χ1n) is 10.6. The molecule has 3 aliphatic heterocycles. The van der Waals surface area contributed by atoms with Crippen molar-refractivity contribution in [3.05, 3.63) is 36.4 Å². The van der Waals surface area contributed by atoms with Crippen molar-refractivity contribution in [2.75, 3.05) is 25.6 Å². The molecule has 1 aromatic rings. The number of carbonyl (C=O) groups excluding carboxylic acids is 3. The van der Waals surface area contributed by atoms with Gasteiger partial charge in [-0.2, -0.15) is 0 Å². The highest BCUT2D eigenvalue weighted by Gasteiger charge is 2.68. The number of benzene rings is 1. The van der Waals surface area contributed by atoms with Gasteiger partial charge in [-0.15, -0.1) is 0 Å². The highest BCUT2D eigenvalue weighted by Crippen LogP contribution is 2.52. The lowest BCUT2D eigenvalue weighted by molar-refractivity contribution is -0.154. The number of rotatable bonds is 7. The first kappa shape index (κ1) is 21.4. The molecule has 2 amide bonds. The quantitative estimate of drug-likeness (QED) is 0.527. The molecule has 8 heteroatoms. The van der Waals surface area contributed by atoms with E-state index in [-0.39, 0.29) is 24.3 Å². The summed E-state index contributed by atoms with van der Waals surface area (Å²) in [7, 11) is 1.31. The van der Waals surface area contributed by atoms with E-state index in [4.69, 9.17) is 14.2 Å². The van der Waals surface area contributed by atoms with Gasteiger partial charge in [-0.05, 0) is 37.1 Å². The fourth-order valence-corrected chi connectivity index (χ4v) is 4.97. The summed E-state index contributed by atoms with van der Waals surface area (Å²) in [4.78, 5) is 40.5. The lowest BCUT2D eigenvalue weighted by atomic mass is 9.76.